The SMILES string of the molecule is CCOC(=O)c1cn(C(C)(C)C)c2nc(N3CCC[C@H]3[C@H](C)O)c(F)cc2c1=O. The molecule has 0 unspecified atom stereocenters. The number of hydrogen-bond donors (Lipinski definition) is 1. The summed E-state index contributed by atoms with van der Waals surface area (Å²) in [4.78, 5) is 31.5. The quantitative estimate of drug-likeness (QED) is 0.788. The molecule has 158 valence electrons. The van der Waals surface area contributed by atoms with Crippen molar-refractivity contribution < 1.29 is 19.0 Å². The molecule has 3 heterocycles. The smallest absolute Gasteiger partial charge is 0.343 e. The number of hydrogen-bond acceptors (Lipinski definition) is 6. The molecule has 0 amide bonds. The average molecular weight is 405 g/mol. The number of aromatic nitrogens is 2. The van der Waals surface area contributed by atoms with Crippen LogP contribution in [0.5, 0.6) is 0 Å². The number of carbonyl (C=O) groups excluding carboxylic acids is 1. The summed E-state index contributed by atoms with van der Waals surface area (Å²) in [6, 6.07) is 0.908. The van der Waals surface area contributed by atoms with E-state index in [1.54, 1.807) is 23.3 Å². The van der Waals surface area contributed by atoms with Gasteiger partial charge in [0, 0.05) is 18.3 Å². The molecular formula is C21H28FN3O4. The van der Waals surface area contributed by atoms with Crippen LogP contribution in [0.4, 0.5) is 10.2 Å². The van der Waals surface area contributed by atoms with Crippen molar-refractivity contribution in [2.75, 3.05) is 18.1 Å². The van der Waals surface area contributed by atoms with Gasteiger partial charge in [0.1, 0.15) is 11.2 Å². The Labute approximate surface area is 169 Å². The number of ether oxygens (including phenoxy) is 1. The van der Waals surface area contributed by atoms with Gasteiger partial charge < -0.3 is 19.3 Å². The molecule has 2 atom stereocenters. The van der Waals surface area contributed by atoms with Gasteiger partial charge in [-0.3, -0.25) is 4.79 Å². The van der Waals surface area contributed by atoms with E-state index in [0.717, 1.165) is 18.9 Å². The summed E-state index contributed by atoms with van der Waals surface area (Å²) in [7, 11) is 0. The fraction of sp³-hybridized carbons (Fsp3) is 0.571. The molecule has 0 bridgehead atoms. The summed E-state index contributed by atoms with van der Waals surface area (Å²) < 4.78 is 21.7. The van der Waals surface area contributed by atoms with E-state index in [0.29, 0.717) is 12.2 Å². The molecule has 0 aliphatic carbocycles. The van der Waals surface area contributed by atoms with Crippen molar-refractivity contribution in [3.63, 3.8) is 0 Å². The largest absolute Gasteiger partial charge is 0.462 e. The zero-order valence-corrected chi connectivity index (χ0v) is 17.5. The van der Waals surface area contributed by atoms with E-state index in [4.69, 9.17) is 4.74 Å². The minimum absolute atomic E-state index is 0.0273. The van der Waals surface area contributed by atoms with Crippen LogP contribution in [0.2, 0.25) is 0 Å². The van der Waals surface area contributed by atoms with Crippen molar-refractivity contribution >= 4 is 22.8 Å². The summed E-state index contributed by atoms with van der Waals surface area (Å²) in [5, 5.41) is 10.1. The zero-order chi connectivity index (χ0) is 21.5. The van der Waals surface area contributed by atoms with Gasteiger partial charge in [-0.25, -0.2) is 14.2 Å². The normalized spacial score (nSPS) is 18.3. The summed E-state index contributed by atoms with van der Waals surface area (Å²) in [5.74, 6) is -1.28. The van der Waals surface area contributed by atoms with Crippen LogP contribution < -0.4 is 10.3 Å². The third-order valence-electron chi connectivity index (χ3n) is 5.26. The molecule has 2 aromatic rings. The van der Waals surface area contributed by atoms with Crippen LogP contribution in [0.3, 0.4) is 0 Å². The lowest BCUT2D eigenvalue weighted by Crippen LogP contribution is -2.39. The van der Waals surface area contributed by atoms with Gasteiger partial charge in [-0.1, -0.05) is 0 Å². The molecule has 3 rings (SSSR count). The number of halogens is 1. The molecule has 1 aliphatic rings. The van der Waals surface area contributed by atoms with Crippen LogP contribution in [0.25, 0.3) is 11.0 Å². The fourth-order valence-electron chi connectivity index (χ4n) is 3.84. The van der Waals surface area contributed by atoms with Crippen LogP contribution in [0, 0.1) is 5.82 Å². The van der Waals surface area contributed by atoms with E-state index >= 15 is 4.39 Å². The third kappa shape index (κ3) is 3.85. The van der Waals surface area contributed by atoms with Crippen LogP contribution in [-0.2, 0) is 10.3 Å². The Kier molecular flexibility index (Phi) is 5.67. The lowest BCUT2D eigenvalue weighted by atomic mass is 10.1. The van der Waals surface area contributed by atoms with Gasteiger partial charge in [0.05, 0.1) is 24.1 Å². The number of carbonyl (C=O) groups is 1. The topological polar surface area (TPSA) is 84.7 Å². The molecule has 1 N–H and O–H groups in total. The first-order valence-electron chi connectivity index (χ1n) is 9.94. The van der Waals surface area contributed by atoms with Gasteiger partial charge in [0.2, 0.25) is 5.43 Å². The Hall–Kier alpha value is -2.48. The monoisotopic (exact) mass is 405 g/mol. The number of esters is 1. The maximum Gasteiger partial charge on any atom is 0.343 e. The van der Waals surface area contributed by atoms with Crippen LogP contribution >= 0.6 is 0 Å². The highest BCUT2D eigenvalue weighted by atomic mass is 19.1. The third-order valence-corrected chi connectivity index (χ3v) is 5.26. The van der Waals surface area contributed by atoms with E-state index in [1.165, 1.54) is 6.20 Å². The number of pyridine rings is 2. The summed E-state index contributed by atoms with van der Waals surface area (Å²) in [5.41, 5.74) is -0.982. The van der Waals surface area contributed by atoms with Crippen LogP contribution in [-0.4, -0.2) is 45.9 Å². The van der Waals surface area contributed by atoms with E-state index in [2.05, 4.69) is 4.98 Å². The Morgan fingerprint density at radius 1 is 1.45 bits per heavy atom. The van der Waals surface area contributed by atoms with Crippen molar-refractivity contribution in [3.05, 3.63) is 33.9 Å². The van der Waals surface area contributed by atoms with Gasteiger partial charge in [-0.15, -0.1) is 0 Å². The van der Waals surface area contributed by atoms with E-state index in [1.807, 2.05) is 20.8 Å². The molecule has 0 saturated carbocycles. The molecule has 0 spiro atoms. The van der Waals surface area contributed by atoms with Gasteiger partial charge in [-0.05, 0) is 53.5 Å². The molecule has 1 fully saturated rings. The van der Waals surface area contributed by atoms with Crippen molar-refractivity contribution in [1.29, 1.82) is 0 Å². The second kappa shape index (κ2) is 7.74. The van der Waals surface area contributed by atoms with Crippen molar-refractivity contribution in [2.24, 2.45) is 0 Å². The van der Waals surface area contributed by atoms with Crippen molar-refractivity contribution in [3.8, 4) is 0 Å². The maximum atomic E-state index is 15.0. The number of aliphatic hydroxyl groups is 1. The van der Waals surface area contributed by atoms with Gasteiger partial charge in [0.25, 0.3) is 0 Å². The Balaban J connectivity index is 2.28. The molecule has 0 radical (unpaired) electrons. The lowest BCUT2D eigenvalue weighted by molar-refractivity contribution is 0.0524. The second-order valence-electron chi connectivity index (χ2n) is 8.44. The number of aliphatic hydroxyl groups excluding tert-OH is 1. The Bertz CT molecular complexity index is 994. The highest BCUT2D eigenvalue weighted by Gasteiger charge is 2.32. The van der Waals surface area contributed by atoms with Gasteiger partial charge in [0.15, 0.2) is 11.6 Å². The molecule has 29 heavy (non-hydrogen) atoms. The highest BCUT2D eigenvalue weighted by molar-refractivity contribution is 5.93. The number of fused-ring (bicyclic) bond motifs is 1. The van der Waals surface area contributed by atoms with Gasteiger partial charge in [-0.2, -0.15) is 0 Å². The van der Waals surface area contributed by atoms with E-state index in [9.17, 15) is 14.7 Å². The van der Waals surface area contributed by atoms with Crippen molar-refractivity contribution in [2.45, 2.75) is 65.1 Å². The molecule has 1 aliphatic heterocycles. The Morgan fingerprint density at radius 2 is 2.14 bits per heavy atom. The molecule has 1 saturated heterocycles. The standard InChI is InChI=1S/C21H28FN3O4/c1-6-29-20(28)14-11-25(21(3,4)5)18-13(17(14)27)10-15(22)19(23-18)24-9-7-8-16(24)12(2)26/h10-12,16,26H,6-9H2,1-5H3/t12-,16-/m0/s1. The fourth-order valence-corrected chi connectivity index (χ4v) is 3.84. The maximum absolute atomic E-state index is 15.0. The minimum Gasteiger partial charge on any atom is -0.462 e. The van der Waals surface area contributed by atoms with Crippen molar-refractivity contribution in [1.82, 2.24) is 9.55 Å². The van der Waals surface area contributed by atoms with E-state index in [-0.39, 0.29) is 29.4 Å². The zero-order valence-electron chi connectivity index (χ0n) is 17.5. The first-order chi connectivity index (χ1) is 13.6. The molecule has 7 nitrogen and oxygen atoms in total. The second-order valence-corrected chi connectivity index (χ2v) is 8.44. The molecule has 0 aromatic carbocycles. The first-order valence-corrected chi connectivity index (χ1v) is 9.94. The summed E-state index contributed by atoms with van der Waals surface area (Å²) in [6.07, 6.45) is 2.37. The number of anilines is 1. The number of rotatable bonds is 4. The predicted octanol–water partition coefficient (Wildman–Crippen LogP) is 2.82. The minimum atomic E-state index is -0.740. The predicted molar refractivity (Wildman–Crippen MR) is 109 cm³/mol. The number of nitrogens with zero attached hydrogens (tertiary/aromatic N) is 3. The lowest BCUT2D eigenvalue weighted by Gasteiger charge is -2.30. The van der Waals surface area contributed by atoms with Crippen LogP contribution in [0.1, 0.15) is 57.8 Å². The summed E-state index contributed by atoms with van der Waals surface area (Å²) >= 11 is 0. The van der Waals surface area contributed by atoms with E-state index < -0.39 is 28.9 Å². The first kappa shape index (κ1) is 21.2. The Morgan fingerprint density at radius 3 is 2.72 bits per heavy atom. The molecular weight excluding hydrogens is 377 g/mol. The summed E-state index contributed by atoms with van der Waals surface area (Å²) in [6.45, 7) is 9.77. The molecule has 8 heteroatoms. The molecule has 2 aromatic heterocycles. The highest BCUT2D eigenvalue weighted by Crippen LogP contribution is 2.31. The average Bonchev–Trinajstić information content (AvgIpc) is 3.11. The van der Waals surface area contributed by atoms with Crippen LogP contribution in [0.15, 0.2) is 17.1 Å². The van der Waals surface area contributed by atoms with Gasteiger partial charge >= 0.3 is 5.97 Å².